The molecule has 0 atom stereocenters. The van der Waals surface area contributed by atoms with Crippen LogP contribution >= 0.6 is 58.5 Å². The van der Waals surface area contributed by atoms with E-state index in [0.29, 0.717) is 26.3 Å². The first kappa shape index (κ1) is 18.7. The Morgan fingerprint density at radius 3 is 2.91 bits per heavy atom. The van der Waals surface area contributed by atoms with Gasteiger partial charge in [-0.2, -0.15) is 0 Å². The number of carbonyl (C=O) groups is 1. The van der Waals surface area contributed by atoms with E-state index in [2.05, 4.69) is 17.3 Å². The topological polar surface area (TPSA) is 46.9 Å². The van der Waals surface area contributed by atoms with E-state index < -0.39 is 0 Å². The number of thioether (sulfide) groups is 1. The lowest BCUT2D eigenvalue weighted by atomic mass is 10.3. The first-order valence-corrected chi connectivity index (χ1v) is 9.93. The van der Waals surface area contributed by atoms with Crippen molar-refractivity contribution in [3.8, 4) is 5.69 Å². The van der Waals surface area contributed by atoms with Crippen molar-refractivity contribution in [3.05, 3.63) is 32.2 Å². The molecular weight excluding hydrogens is 393 g/mol. The minimum Gasteiger partial charge on any atom is -0.355 e. The fourth-order valence-corrected chi connectivity index (χ4v) is 4.17. The number of nitrogens with one attached hydrogen (secondary N) is 1. The first-order chi connectivity index (χ1) is 11.0. The van der Waals surface area contributed by atoms with Crippen molar-refractivity contribution in [2.45, 2.75) is 24.1 Å². The predicted octanol–water partition coefficient (Wildman–Crippen LogP) is 4.98. The number of benzene rings is 1. The van der Waals surface area contributed by atoms with Crippen LogP contribution in [0.25, 0.3) is 5.69 Å². The van der Waals surface area contributed by atoms with E-state index in [1.807, 2.05) is 0 Å². The van der Waals surface area contributed by atoms with Gasteiger partial charge in [0, 0.05) is 6.54 Å². The van der Waals surface area contributed by atoms with E-state index in [9.17, 15) is 4.79 Å². The number of hydrogen-bond donors (Lipinski definition) is 1. The first-order valence-electron chi connectivity index (χ1n) is 6.96. The normalized spacial score (nSPS) is 10.7. The Labute approximate surface area is 158 Å². The second-order valence-corrected chi connectivity index (χ2v) is 8.30. The Hall–Kier alpha value is -0.600. The van der Waals surface area contributed by atoms with Crippen molar-refractivity contribution in [2.24, 2.45) is 0 Å². The summed E-state index contributed by atoms with van der Waals surface area (Å²) in [7, 11) is 0. The molecule has 1 heterocycles. The van der Waals surface area contributed by atoms with Gasteiger partial charge in [0.2, 0.25) is 5.91 Å². The Kier molecular flexibility index (Phi) is 7.36. The van der Waals surface area contributed by atoms with Crippen molar-refractivity contribution < 1.29 is 4.79 Å². The molecule has 4 nitrogen and oxygen atoms in total. The third-order valence-corrected chi connectivity index (χ3v) is 5.96. The summed E-state index contributed by atoms with van der Waals surface area (Å²) in [6.07, 6.45) is 2.05. The Bertz CT molecular complexity index is 745. The molecule has 0 fully saturated rings. The van der Waals surface area contributed by atoms with E-state index >= 15 is 0 Å². The van der Waals surface area contributed by atoms with Crippen molar-refractivity contribution in [2.75, 3.05) is 12.3 Å². The smallest absolute Gasteiger partial charge is 0.230 e. The van der Waals surface area contributed by atoms with Gasteiger partial charge in [0.15, 0.2) is 8.29 Å². The number of halogens is 2. The number of carbonyl (C=O) groups excluding carboxylic acids is 1. The van der Waals surface area contributed by atoms with Gasteiger partial charge in [0.1, 0.15) is 0 Å². The van der Waals surface area contributed by atoms with Crippen LogP contribution in [-0.2, 0) is 4.79 Å². The highest BCUT2D eigenvalue weighted by Gasteiger charge is 2.10. The van der Waals surface area contributed by atoms with Crippen LogP contribution in [0.15, 0.2) is 22.5 Å². The van der Waals surface area contributed by atoms with Gasteiger partial charge in [0.25, 0.3) is 0 Å². The molecule has 9 heteroatoms. The largest absolute Gasteiger partial charge is 0.355 e. The Balaban J connectivity index is 2.02. The van der Waals surface area contributed by atoms with Crippen LogP contribution in [-0.4, -0.2) is 28.0 Å². The Morgan fingerprint density at radius 2 is 2.22 bits per heavy atom. The minimum absolute atomic E-state index is 0.00524. The molecule has 2 aromatic rings. The molecule has 0 aliphatic carbocycles. The van der Waals surface area contributed by atoms with Crippen LogP contribution < -0.4 is 5.32 Å². The van der Waals surface area contributed by atoms with Crippen molar-refractivity contribution in [1.82, 2.24) is 15.1 Å². The number of rotatable bonds is 7. The average Bonchev–Trinajstić information content (AvgIpc) is 2.89. The van der Waals surface area contributed by atoms with E-state index in [0.717, 1.165) is 22.9 Å². The highest BCUT2D eigenvalue weighted by atomic mass is 35.5. The maximum absolute atomic E-state index is 11.7. The molecule has 1 amide bonds. The lowest BCUT2D eigenvalue weighted by Gasteiger charge is -2.03. The van der Waals surface area contributed by atoms with Gasteiger partial charge in [0.05, 0.1) is 21.5 Å². The molecule has 1 aromatic heterocycles. The van der Waals surface area contributed by atoms with Gasteiger partial charge in [-0.3, -0.25) is 4.79 Å². The number of aromatic nitrogens is 2. The molecule has 1 N–H and O–H groups in total. The third kappa shape index (κ3) is 5.46. The molecule has 1 aromatic carbocycles. The zero-order valence-corrected chi connectivity index (χ0v) is 16.3. The van der Waals surface area contributed by atoms with E-state index in [1.54, 1.807) is 22.9 Å². The number of unbranched alkanes of at least 4 members (excludes halogenated alkanes) is 1. The molecule has 0 radical (unpaired) electrons. The summed E-state index contributed by atoms with van der Waals surface area (Å²) in [5, 5.41) is 8.23. The minimum atomic E-state index is 0.00524. The molecule has 0 saturated carbocycles. The van der Waals surface area contributed by atoms with Crippen molar-refractivity contribution >= 4 is 64.4 Å². The third-order valence-electron chi connectivity index (χ3n) is 2.86. The number of nitrogens with zero attached hydrogens (tertiary/aromatic N) is 2. The molecule has 0 aliphatic rings. The van der Waals surface area contributed by atoms with Gasteiger partial charge >= 0.3 is 0 Å². The summed E-state index contributed by atoms with van der Waals surface area (Å²) < 4.78 is 2.96. The predicted molar refractivity (Wildman–Crippen MR) is 101 cm³/mol. The van der Waals surface area contributed by atoms with Gasteiger partial charge in [-0.1, -0.05) is 59.6 Å². The SMILES string of the molecule is CCCCNC(=O)CSc1nn(-c2ccc(Cl)c(Cl)c2)c(=S)s1. The maximum Gasteiger partial charge on any atom is 0.230 e. The highest BCUT2D eigenvalue weighted by molar-refractivity contribution is 8.01. The molecular formula is C14H15Cl2N3OS3. The molecule has 0 unspecified atom stereocenters. The summed E-state index contributed by atoms with van der Waals surface area (Å²) in [6.45, 7) is 2.80. The molecule has 2 rings (SSSR count). The molecule has 0 aliphatic heterocycles. The lowest BCUT2D eigenvalue weighted by molar-refractivity contribution is -0.118. The van der Waals surface area contributed by atoms with Gasteiger partial charge in [-0.05, 0) is 36.8 Å². The maximum atomic E-state index is 11.7. The van der Waals surface area contributed by atoms with Crippen LogP contribution in [0.4, 0.5) is 0 Å². The van der Waals surface area contributed by atoms with E-state index in [-0.39, 0.29) is 5.91 Å². The summed E-state index contributed by atoms with van der Waals surface area (Å²) >= 11 is 20.0. The molecule has 0 spiro atoms. The lowest BCUT2D eigenvalue weighted by Crippen LogP contribution is -2.25. The van der Waals surface area contributed by atoms with Crippen molar-refractivity contribution in [1.29, 1.82) is 0 Å². The second kappa shape index (κ2) is 9.03. The van der Waals surface area contributed by atoms with Crippen LogP contribution in [0.3, 0.4) is 0 Å². The molecule has 23 heavy (non-hydrogen) atoms. The van der Waals surface area contributed by atoms with Crippen LogP contribution in [0.1, 0.15) is 19.8 Å². The quantitative estimate of drug-likeness (QED) is 0.399. The summed E-state index contributed by atoms with van der Waals surface area (Å²) in [4.78, 5) is 11.7. The molecule has 124 valence electrons. The van der Waals surface area contributed by atoms with Gasteiger partial charge in [-0.15, -0.1) is 5.10 Å². The monoisotopic (exact) mass is 407 g/mol. The standard InChI is InChI=1S/C14H15Cl2N3OS3/c1-2-3-6-17-12(20)8-22-13-18-19(14(21)23-13)9-4-5-10(15)11(16)7-9/h4-5,7H,2-3,6,8H2,1H3,(H,17,20). The summed E-state index contributed by atoms with van der Waals surface area (Å²) in [5.74, 6) is 0.332. The Morgan fingerprint density at radius 1 is 1.43 bits per heavy atom. The zero-order chi connectivity index (χ0) is 16.8. The van der Waals surface area contributed by atoms with Crippen LogP contribution in [0, 0.1) is 3.95 Å². The van der Waals surface area contributed by atoms with Gasteiger partial charge in [-0.25, -0.2) is 4.68 Å². The summed E-state index contributed by atoms with van der Waals surface area (Å²) in [5.41, 5.74) is 0.750. The number of hydrogen-bond acceptors (Lipinski definition) is 5. The van der Waals surface area contributed by atoms with Crippen LogP contribution in [0.5, 0.6) is 0 Å². The van der Waals surface area contributed by atoms with E-state index in [1.165, 1.54) is 23.1 Å². The fraction of sp³-hybridized carbons (Fsp3) is 0.357. The molecule has 0 bridgehead atoms. The van der Waals surface area contributed by atoms with E-state index in [4.69, 9.17) is 35.4 Å². The molecule has 0 saturated heterocycles. The van der Waals surface area contributed by atoms with Crippen LogP contribution in [0.2, 0.25) is 10.0 Å². The van der Waals surface area contributed by atoms with Gasteiger partial charge < -0.3 is 5.32 Å². The number of amides is 1. The zero-order valence-electron chi connectivity index (χ0n) is 12.3. The highest BCUT2D eigenvalue weighted by Crippen LogP contribution is 2.27. The summed E-state index contributed by atoms with van der Waals surface area (Å²) in [6, 6.07) is 5.22. The fourth-order valence-electron chi connectivity index (χ4n) is 1.68. The van der Waals surface area contributed by atoms with Crippen molar-refractivity contribution in [3.63, 3.8) is 0 Å². The second-order valence-electron chi connectivity index (χ2n) is 4.64. The average molecular weight is 408 g/mol.